The van der Waals surface area contributed by atoms with Crippen LogP contribution in [0.3, 0.4) is 0 Å². The van der Waals surface area contributed by atoms with Crippen molar-refractivity contribution in [3.05, 3.63) is 29.6 Å². The summed E-state index contributed by atoms with van der Waals surface area (Å²) in [5.41, 5.74) is -1.27. The molecular weight excluding hydrogens is 295 g/mol. The van der Waals surface area contributed by atoms with Gasteiger partial charge in [0.05, 0.1) is 0 Å². The Morgan fingerprint density at radius 3 is 2.80 bits per heavy atom. The second-order valence-corrected chi connectivity index (χ2v) is 4.61. The average molecular weight is 308 g/mol. The van der Waals surface area contributed by atoms with Crippen molar-refractivity contribution in [2.24, 2.45) is 4.99 Å². The molecule has 0 spiro atoms. The molecule has 0 radical (unpaired) electrons. The van der Waals surface area contributed by atoms with Crippen molar-refractivity contribution >= 4 is 24.1 Å². The number of alkyl halides is 4. The largest absolute Gasteiger partial charge is 0.435 e. The Hall–Kier alpha value is -1.63. The highest BCUT2D eigenvalue weighted by Crippen LogP contribution is 2.28. The van der Waals surface area contributed by atoms with E-state index >= 15 is 0 Å². The van der Waals surface area contributed by atoms with Crippen molar-refractivity contribution in [3.8, 4) is 0 Å². The van der Waals surface area contributed by atoms with Gasteiger partial charge in [-0.3, -0.25) is 9.79 Å². The highest BCUT2D eigenvalue weighted by atomic mass is 35.5. The first-order chi connectivity index (χ1) is 9.34. The van der Waals surface area contributed by atoms with Crippen molar-refractivity contribution in [1.29, 1.82) is 0 Å². The normalized spacial score (nSPS) is 14.2. The molecule has 20 heavy (non-hydrogen) atoms. The number of carbonyl (C=O) groups excluding carboxylic acids is 1. The predicted molar refractivity (Wildman–Crippen MR) is 70.2 cm³/mol. The minimum atomic E-state index is -4.58. The zero-order valence-electron chi connectivity index (χ0n) is 10.6. The second kappa shape index (κ2) is 7.23. The quantitative estimate of drug-likeness (QED) is 0.350. The number of halogens is 4. The van der Waals surface area contributed by atoms with Crippen molar-refractivity contribution < 1.29 is 18.0 Å². The van der Waals surface area contributed by atoms with Gasteiger partial charge in [0.2, 0.25) is 0 Å². The van der Waals surface area contributed by atoms with Crippen LogP contribution in [0.1, 0.15) is 29.5 Å². The molecule has 110 valence electrons. The first kappa shape index (κ1) is 16.4. The van der Waals surface area contributed by atoms with Crippen LogP contribution in [0.15, 0.2) is 23.2 Å². The molecule has 0 amide bonds. The van der Waals surface area contributed by atoms with E-state index in [4.69, 9.17) is 11.6 Å². The number of carbonyl (C=O) groups is 1. The maximum absolute atomic E-state index is 12.4. The molecule has 0 aliphatic rings. The van der Waals surface area contributed by atoms with Crippen molar-refractivity contribution in [2.75, 3.05) is 0 Å². The molecule has 0 bridgehead atoms. The molecule has 0 aromatic carbocycles. The highest BCUT2D eigenvalue weighted by Gasteiger charge is 2.34. The Kier molecular flexibility index (Phi) is 5.94. The Morgan fingerprint density at radius 1 is 1.55 bits per heavy atom. The van der Waals surface area contributed by atoms with Gasteiger partial charge in [-0.25, -0.2) is 4.68 Å². The number of nitrogens with zero attached hydrogens (tertiary/aromatic N) is 3. The minimum Gasteiger partial charge on any atom is -0.296 e. The Balaban J connectivity index is 2.66. The van der Waals surface area contributed by atoms with Crippen LogP contribution in [-0.4, -0.2) is 27.7 Å². The fourth-order valence-corrected chi connectivity index (χ4v) is 1.42. The van der Waals surface area contributed by atoms with E-state index in [1.165, 1.54) is 6.21 Å². The summed E-state index contributed by atoms with van der Waals surface area (Å²) >= 11 is 5.68. The van der Waals surface area contributed by atoms with Gasteiger partial charge in [-0.1, -0.05) is 12.2 Å². The summed E-state index contributed by atoms with van der Waals surface area (Å²) in [6.45, 7) is 1.66. The third kappa shape index (κ3) is 5.16. The van der Waals surface area contributed by atoms with Crippen LogP contribution in [0.4, 0.5) is 13.2 Å². The lowest BCUT2D eigenvalue weighted by Gasteiger charge is -2.00. The third-order valence-corrected chi connectivity index (χ3v) is 2.36. The second-order valence-electron chi connectivity index (χ2n) is 3.92. The summed E-state index contributed by atoms with van der Waals surface area (Å²) in [5, 5.41) is 3.21. The average Bonchev–Trinajstić information content (AvgIpc) is 2.76. The topological polar surface area (TPSA) is 47.2 Å². The molecule has 1 heterocycles. The predicted octanol–water partition coefficient (Wildman–Crippen LogP) is 3.32. The van der Waals surface area contributed by atoms with Gasteiger partial charge < -0.3 is 0 Å². The van der Waals surface area contributed by atoms with Gasteiger partial charge in [0.25, 0.3) is 0 Å². The Morgan fingerprint density at radius 2 is 2.25 bits per heavy atom. The fourth-order valence-electron chi connectivity index (χ4n) is 1.31. The summed E-state index contributed by atoms with van der Waals surface area (Å²) < 4.78 is 38.2. The van der Waals surface area contributed by atoms with E-state index in [-0.39, 0.29) is 17.7 Å². The standard InChI is InChI=1S/C12H13ClF3N3O/c1-9(13)4-2-3-5-17-8-19-10(7-20)6-11(18-19)12(14,15)16/h2,4-7,9H,3,8H2,1H3/b4-2-,17-5-. The molecule has 1 unspecified atom stereocenters. The van der Waals surface area contributed by atoms with Gasteiger partial charge in [0, 0.05) is 18.0 Å². The van der Waals surface area contributed by atoms with Gasteiger partial charge >= 0.3 is 6.18 Å². The van der Waals surface area contributed by atoms with E-state index in [2.05, 4.69) is 10.1 Å². The van der Waals surface area contributed by atoms with Crippen LogP contribution >= 0.6 is 11.6 Å². The smallest absolute Gasteiger partial charge is 0.296 e. The van der Waals surface area contributed by atoms with Crippen molar-refractivity contribution in [3.63, 3.8) is 0 Å². The number of rotatable bonds is 6. The van der Waals surface area contributed by atoms with E-state index in [9.17, 15) is 18.0 Å². The summed E-state index contributed by atoms with van der Waals surface area (Å²) in [6.07, 6.45) is 1.30. The molecule has 0 aliphatic heterocycles. The van der Waals surface area contributed by atoms with Crippen LogP contribution in [0.5, 0.6) is 0 Å². The van der Waals surface area contributed by atoms with Crippen LogP contribution in [0.25, 0.3) is 0 Å². The number of allylic oxidation sites excluding steroid dienone is 2. The fraction of sp³-hybridized carbons (Fsp3) is 0.417. The molecule has 4 nitrogen and oxygen atoms in total. The summed E-state index contributed by atoms with van der Waals surface area (Å²) in [5.74, 6) is 0. The number of hydrogen-bond acceptors (Lipinski definition) is 3. The van der Waals surface area contributed by atoms with Crippen LogP contribution in [0, 0.1) is 0 Å². The van der Waals surface area contributed by atoms with E-state index in [0.29, 0.717) is 18.8 Å². The molecular formula is C12H13ClF3N3O. The molecule has 0 aliphatic carbocycles. The van der Waals surface area contributed by atoms with E-state index in [0.717, 1.165) is 4.68 Å². The maximum atomic E-state index is 12.4. The molecule has 0 fully saturated rings. The number of aromatic nitrogens is 2. The molecule has 0 saturated carbocycles. The molecule has 1 rings (SSSR count). The lowest BCUT2D eigenvalue weighted by molar-refractivity contribution is -0.141. The molecule has 1 atom stereocenters. The first-order valence-electron chi connectivity index (χ1n) is 5.74. The number of hydrogen-bond donors (Lipinski definition) is 0. The first-order valence-corrected chi connectivity index (χ1v) is 6.17. The van der Waals surface area contributed by atoms with Crippen LogP contribution in [-0.2, 0) is 12.8 Å². The molecule has 0 saturated heterocycles. The van der Waals surface area contributed by atoms with Gasteiger partial charge in [-0.05, 0) is 13.0 Å². The molecule has 0 N–H and O–H groups in total. The lowest BCUT2D eigenvalue weighted by Crippen LogP contribution is -2.08. The molecule has 1 aromatic rings. The van der Waals surface area contributed by atoms with Crippen LogP contribution in [0.2, 0.25) is 0 Å². The van der Waals surface area contributed by atoms with E-state index in [1.807, 2.05) is 0 Å². The summed E-state index contributed by atoms with van der Waals surface area (Å²) in [4.78, 5) is 14.6. The summed E-state index contributed by atoms with van der Waals surface area (Å²) in [7, 11) is 0. The molecule has 8 heteroatoms. The van der Waals surface area contributed by atoms with Gasteiger partial charge in [0.15, 0.2) is 12.0 Å². The van der Waals surface area contributed by atoms with Gasteiger partial charge in [-0.15, -0.1) is 11.6 Å². The highest BCUT2D eigenvalue weighted by molar-refractivity contribution is 6.21. The van der Waals surface area contributed by atoms with Gasteiger partial charge in [-0.2, -0.15) is 18.3 Å². The summed E-state index contributed by atoms with van der Waals surface area (Å²) in [6, 6.07) is 0.692. The minimum absolute atomic E-state index is 0.0921. The SMILES string of the molecule is CC(Cl)/C=C\C/C=N\Cn1nc(C(F)(F)F)cc1C=O. The van der Waals surface area contributed by atoms with Crippen molar-refractivity contribution in [1.82, 2.24) is 9.78 Å². The monoisotopic (exact) mass is 307 g/mol. The van der Waals surface area contributed by atoms with Gasteiger partial charge in [0.1, 0.15) is 12.4 Å². The zero-order chi connectivity index (χ0) is 15.2. The van der Waals surface area contributed by atoms with Crippen molar-refractivity contribution in [2.45, 2.75) is 31.6 Å². The number of aliphatic imine (C=N–C) groups is 1. The maximum Gasteiger partial charge on any atom is 0.435 e. The lowest BCUT2D eigenvalue weighted by atomic mass is 10.3. The van der Waals surface area contributed by atoms with Crippen LogP contribution < -0.4 is 0 Å². The molecule has 1 aromatic heterocycles. The third-order valence-electron chi connectivity index (χ3n) is 2.21. The Labute approximate surface area is 118 Å². The zero-order valence-corrected chi connectivity index (χ0v) is 11.4. The Bertz CT molecular complexity index is 507. The van der Waals surface area contributed by atoms with E-state index in [1.54, 1.807) is 19.1 Å². The van der Waals surface area contributed by atoms with E-state index < -0.39 is 11.9 Å². The number of aldehydes is 1.